The average molecular weight is 274 g/mol. The number of carbonyl (C=O) groups is 2. The molecule has 3 rings (SSSR count). The molecular weight excluding hydrogens is 256 g/mol. The molecule has 5 nitrogen and oxygen atoms in total. The number of fused-ring (bicyclic) bond motifs is 1. The zero-order chi connectivity index (χ0) is 14.1. The van der Waals surface area contributed by atoms with Gasteiger partial charge in [0.05, 0.1) is 12.0 Å². The Bertz CT molecular complexity index is 544. The third-order valence-electron chi connectivity index (χ3n) is 4.31. The molecule has 1 fully saturated rings. The lowest BCUT2D eigenvalue weighted by molar-refractivity contribution is -0.695. The summed E-state index contributed by atoms with van der Waals surface area (Å²) in [6.45, 7) is 1.31. The van der Waals surface area contributed by atoms with Crippen molar-refractivity contribution in [3.8, 4) is 0 Å². The number of benzene rings is 1. The summed E-state index contributed by atoms with van der Waals surface area (Å²) in [7, 11) is 0. The average Bonchev–Trinajstić information content (AvgIpc) is 2.95. The fourth-order valence-corrected chi connectivity index (χ4v) is 3.22. The van der Waals surface area contributed by atoms with Crippen LogP contribution in [0.2, 0.25) is 0 Å². The molecule has 1 amide bonds. The molecule has 0 spiro atoms. The minimum absolute atomic E-state index is 0.0637. The molecule has 1 aromatic carbocycles. The Morgan fingerprint density at radius 1 is 1.25 bits per heavy atom. The lowest BCUT2D eigenvalue weighted by atomic mass is 9.95. The smallest absolute Gasteiger partial charge is 0.281 e. The van der Waals surface area contributed by atoms with Crippen LogP contribution in [0.5, 0.6) is 0 Å². The molecule has 1 aromatic rings. The van der Waals surface area contributed by atoms with E-state index in [1.54, 1.807) is 0 Å². The van der Waals surface area contributed by atoms with Gasteiger partial charge in [-0.15, -0.1) is 0 Å². The first-order chi connectivity index (χ1) is 9.66. The zero-order valence-electron chi connectivity index (χ0n) is 11.2. The van der Waals surface area contributed by atoms with Crippen LogP contribution in [0.1, 0.15) is 24.0 Å². The molecule has 0 saturated carbocycles. The van der Waals surface area contributed by atoms with E-state index in [0.29, 0.717) is 19.4 Å². The second-order valence-electron chi connectivity index (χ2n) is 5.53. The number of carboxylic acids is 1. The summed E-state index contributed by atoms with van der Waals surface area (Å²) in [6, 6.07) is 7.15. The quantitative estimate of drug-likeness (QED) is 0.707. The number of carbonyl (C=O) groups excluding carboxylic acids is 2. The van der Waals surface area contributed by atoms with Crippen molar-refractivity contribution in [2.75, 3.05) is 6.54 Å². The number of quaternary nitrogens is 1. The van der Waals surface area contributed by atoms with Gasteiger partial charge >= 0.3 is 0 Å². The summed E-state index contributed by atoms with van der Waals surface area (Å²) in [6.07, 6.45) is 1.93. The van der Waals surface area contributed by atoms with Crippen molar-refractivity contribution in [3.63, 3.8) is 0 Å². The highest BCUT2D eigenvalue weighted by molar-refractivity contribution is 5.86. The molecule has 0 aliphatic carbocycles. The summed E-state index contributed by atoms with van der Waals surface area (Å²) in [4.78, 5) is 25.1. The fourth-order valence-electron chi connectivity index (χ4n) is 3.22. The molecule has 0 bridgehead atoms. The lowest BCUT2D eigenvalue weighted by Gasteiger charge is -2.30. The molecular formula is C15H18N2O3. The van der Waals surface area contributed by atoms with Gasteiger partial charge in [-0.25, -0.2) is 0 Å². The van der Waals surface area contributed by atoms with E-state index < -0.39 is 12.0 Å². The Kier molecular flexibility index (Phi) is 3.44. The van der Waals surface area contributed by atoms with Crippen molar-refractivity contribution in [2.45, 2.75) is 37.9 Å². The van der Waals surface area contributed by atoms with Gasteiger partial charge in [-0.3, -0.25) is 4.79 Å². The van der Waals surface area contributed by atoms with Gasteiger partial charge < -0.3 is 20.1 Å². The van der Waals surface area contributed by atoms with Gasteiger partial charge in [0.2, 0.25) is 0 Å². The van der Waals surface area contributed by atoms with E-state index in [1.807, 2.05) is 23.5 Å². The minimum Gasteiger partial charge on any atom is -0.548 e. The molecule has 2 atom stereocenters. The predicted octanol–water partition coefficient (Wildman–Crippen LogP) is -1.58. The molecule has 0 radical (unpaired) electrons. The lowest BCUT2D eigenvalue weighted by Crippen LogP contribution is -2.93. The van der Waals surface area contributed by atoms with Crippen molar-refractivity contribution in [1.82, 2.24) is 4.90 Å². The first-order valence-electron chi connectivity index (χ1n) is 7.08. The van der Waals surface area contributed by atoms with Gasteiger partial charge in [-0.1, -0.05) is 24.3 Å². The number of carboxylic acid groups (broad SMARTS) is 1. The van der Waals surface area contributed by atoms with Gasteiger partial charge in [0, 0.05) is 18.5 Å². The molecule has 2 heterocycles. The van der Waals surface area contributed by atoms with Crippen molar-refractivity contribution < 1.29 is 20.0 Å². The number of nitrogens with zero attached hydrogens (tertiary/aromatic N) is 1. The second-order valence-corrected chi connectivity index (χ2v) is 5.53. The van der Waals surface area contributed by atoms with Crippen LogP contribution >= 0.6 is 0 Å². The maximum atomic E-state index is 12.5. The van der Waals surface area contributed by atoms with Crippen LogP contribution in [0.3, 0.4) is 0 Å². The number of hydrogen-bond acceptors (Lipinski definition) is 3. The number of likely N-dealkylation sites (tertiary alicyclic amines) is 1. The van der Waals surface area contributed by atoms with Crippen LogP contribution in [0.25, 0.3) is 0 Å². The highest BCUT2D eigenvalue weighted by atomic mass is 16.4. The summed E-state index contributed by atoms with van der Waals surface area (Å²) in [5.74, 6) is -1.20. The van der Waals surface area contributed by atoms with E-state index in [0.717, 1.165) is 13.0 Å². The van der Waals surface area contributed by atoms with Crippen molar-refractivity contribution in [2.24, 2.45) is 0 Å². The summed E-state index contributed by atoms with van der Waals surface area (Å²) in [5.41, 5.74) is 2.45. The van der Waals surface area contributed by atoms with Gasteiger partial charge in [0.1, 0.15) is 6.54 Å². The second kappa shape index (κ2) is 5.25. The molecule has 1 saturated heterocycles. The van der Waals surface area contributed by atoms with Crippen LogP contribution in [-0.4, -0.2) is 35.4 Å². The normalized spacial score (nSPS) is 25.3. The maximum Gasteiger partial charge on any atom is 0.281 e. The Labute approximate surface area is 117 Å². The van der Waals surface area contributed by atoms with Crippen molar-refractivity contribution in [3.05, 3.63) is 35.4 Å². The number of nitrogens with two attached hydrogens (primary N) is 1. The highest BCUT2D eigenvalue weighted by Gasteiger charge is 2.37. The summed E-state index contributed by atoms with van der Waals surface area (Å²) in [5, 5.41) is 13.1. The van der Waals surface area contributed by atoms with E-state index in [4.69, 9.17) is 0 Å². The van der Waals surface area contributed by atoms with Crippen molar-refractivity contribution >= 4 is 11.9 Å². The SMILES string of the molecule is O=C([O-])[C@@H]1CCCN1C(=O)[C@@H]1Cc2ccccc2C[NH2+]1. The molecule has 2 N–H and O–H groups in total. The standard InChI is InChI=1S/C15H18N2O3/c18-14(17-7-3-6-13(17)15(19)20)12-8-10-4-1-2-5-11(10)9-16-12/h1-2,4-5,12-13,16H,3,6-9H2,(H,19,20)/t12-,13-/m0/s1. The Morgan fingerprint density at radius 2 is 2.00 bits per heavy atom. The Morgan fingerprint density at radius 3 is 2.75 bits per heavy atom. The monoisotopic (exact) mass is 274 g/mol. The van der Waals surface area contributed by atoms with Crippen LogP contribution in [-0.2, 0) is 22.6 Å². The molecule has 20 heavy (non-hydrogen) atoms. The number of amides is 1. The van der Waals surface area contributed by atoms with Crippen LogP contribution in [0, 0.1) is 0 Å². The number of hydrogen-bond donors (Lipinski definition) is 1. The van der Waals surface area contributed by atoms with Gasteiger partial charge in [-0.2, -0.15) is 0 Å². The third-order valence-corrected chi connectivity index (χ3v) is 4.31. The predicted molar refractivity (Wildman–Crippen MR) is 69.3 cm³/mol. The van der Waals surface area contributed by atoms with Crippen LogP contribution in [0.4, 0.5) is 0 Å². The molecule has 2 aliphatic heterocycles. The van der Waals surface area contributed by atoms with Crippen LogP contribution in [0.15, 0.2) is 24.3 Å². The van der Waals surface area contributed by atoms with E-state index in [2.05, 4.69) is 6.07 Å². The molecule has 5 heteroatoms. The molecule has 0 aromatic heterocycles. The van der Waals surface area contributed by atoms with Gasteiger partial charge in [0.15, 0.2) is 6.04 Å². The largest absolute Gasteiger partial charge is 0.548 e. The summed E-state index contributed by atoms with van der Waals surface area (Å²) >= 11 is 0. The maximum absolute atomic E-state index is 12.5. The van der Waals surface area contributed by atoms with E-state index in [9.17, 15) is 14.7 Å². The molecule has 2 aliphatic rings. The highest BCUT2D eigenvalue weighted by Crippen LogP contribution is 2.20. The van der Waals surface area contributed by atoms with Crippen molar-refractivity contribution in [1.29, 1.82) is 0 Å². The molecule has 106 valence electrons. The third kappa shape index (κ3) is 2.29. The number of rotatable bonds is 2. The van der Waals surface area contributed by atoms with E-state index >= 15 is 0 Å². The van der Waals surface area contributed by atoms with Crippen LogP contribution < -0.4 is 10.4 Å². The first-order valence-corrected chi connectivity index (χ1v) is 7.08. The zero-order valence-corrected chi connectivity index (χ0v) is 11.2. The summed E-state index contributed by atoms with van der Waals surface area (Å²) < 4.78 is 0. The minimum atomic E-state index is -1.13. The fraction of sp³-hybridized carbons (Fsp3) is 0.467. The van der Waals surface area contributed by atoms with E-state index in [1.165, 1.54) is 16.0 Å². The first kappa shape index (κ1) is 13.1. The van der Waals surface area contributed by atoms with Gasteiger partial charge in [-0.05, 0) is 18.4 Å². The Balaban J connectivity index is 1.74. The van der Waals surface area contributed by atoms with E-state index in [-0.39, 0.29) is 11.9 Å². The topological polar surface area (TPSA) is 77.0 Å². The van der Waals surface area contributed by atoms with Gasteiger partial charge in [0.25, 0.3) is 5.91 Å². The molecule has 0 unspecified atom stereocenters. The number of aliphatic carboxylic acids is 1. The Hall–Kier alpha value is -1.88.